The average molecular weight is 375 g/mol. The molecule has 0 saturated heterocycles. The first kappa shape index (κ1) is 16.1. The smallest absolute Gasteiger partial charge is 0.216 e. The molecule has 0 saturated carbocycles. The van der Waals surface area contributed by atoms with Crippen molar-refractivity contribution < 1.29 is 9.18 Å². The Morgan fingerprint density at radius 2 is 2.19 bits per heavy atom. The number of carbonyl (C=O) groups is 1. The first-order chi connectivity index (χ1) is 9.91. The largest absolute Gasteiger partial charge is 0.308 e. The SMILES string of the molecule is CN(C)CCn1ncc(Cl)c1C(=O)c1c(F)cccc1Br. The summed E-state index contributed by atoms with van der Waals surface area (Å²) in [4.78, 5) is 14.6. The number of halogens is 3. The van der Waals surface area contributed by atoms with E-state index in [4.69, 9.17) is 11.6 Å². The fourth-order valence-electron chi connectivity index (χ4n) is 1.89. The van der Waals surface area contributed by atoms with Gasteiger partial charge in [-0.05, 0) is 42.2 Å². The Labute approximate surface area is 135 Å². The summed E-state index contributed by atoms with van der Waals surface area (Å²) in [7, 11) is 3.83. The zero-order chi connectivity index (χ0) is 15.6. The van der Waals surface area contributed by atoms with E-state index >= 15 is 0 Å². The maximum atomic E-state index is 13.9. The van der Waals surface area contributed by atoms with Crippen LogP contribution in [-0.2, 0) is 6.54 Å². The number of hydrogen-bond acceptors (Lipinski definition) is 3. The molecule has 0 aliphatic carbocycles. The lowest BCUT2D eigenvalue weighted by atomic mass is 10.1. The van der Waals surface area contributed by atoms with Crippen molar-refractivity contribution in [3.05, 3.63) is 51.0 Å². The van der Waals surface area contributed by atoms with Crippen molar-refractivity contribution in [2.45, 2.75) is 6.54 Å². The molecule has 0 fully saturated rings. The zero-order valence-corrected chi connectivity index (χ0v) is 13.9. The van der Waals surface area contributed by atoms with E-state index in [1.807, 2.05) is 19.0 Å². The molecule has 1 aromatic heterocycles. The van der Waals surface area contributed by atoms with Crippen LogP contribution < -0.4 is 0 Å². The predicted molar refractivity (Wildman–Crippen MR) is 83.3 cm³/mol. The van der Waals surface area contributed by atoms with Gasteiger partial charge in [0.25, 0.3) is 0 Å². The lowest BCUT2D eigenvalue weighted by molar-refractivity contribution is 0.102. The first-order valence-electron chi connectivity index (χ1n) is 6.26. The van der Waals surface area contributed by atoms with Crippen LogP contribution in [0.5, 0.6) is 0 Å². The van der Waals surface area contributed by atoms with Gasteiger partial charge < -0.3 is 4.90 Å². The molecule has 7 heteroatoms. The van der Waals surface area contributed by atoms with Crippen LogP contribution in [0, 0.1) is 5.82 Å². The minimum atomic E-state index is -0.592. The van der Waals surface area contributed by atoms with Gasteiger partial charge in [-0.15, -0.1) is 0 Å². The van der Waals surface area contributed by atoms with E-state index in [0.29, 0.717) is 17.6 Å². The Hall–Kier alpha value is -1.24. The molecule has 1 aromatic carbocycles. The zero-order valence-electron chi connectivity index (χ0n) is 11.6. The van der Waals surface area contributed by atoms with Gasteiger partial charge in [0.1, 0.15) is 11.5 Å². The molecule has 0 amide bonds. The van der Waals surface area contributed by atoms with Crippen molar-refractivity contribution >= 4 is 33.3 Å². The van der Waals surface area contributed by atoms with E-state index in [9.17, 15) is 9.18 Å². The van der Waals surface area contributed by atoms with E-state index in [1.54, 1.807) is 6.07 Å². The molecule has 0 atom stereocenters. The summed E-state index contributed by atoms with van der Waals surface area (Å²) in [5.41, 5.74) is 0.162. The molecule has 0 N–H and O–H groups in total. The quantitative estimate of drug-likeness (QED) is 0.754. The second-order valence-electron chi connectivity index (χ2n) is 4.79. The number of ketones is 1. The summed E-state index contributed by atoms with van der Waals surface area (Å²) in [5.74, 6) is -1.08. The molecule has 0 bridgehead atoms. The molecule has 2 aromatic rings. The summed E-state index contributed by atoms with van der Waals surface area (Å²) in [5, 5.41) is 4.31. The predicted octanol–water partition coefficient (Wildman–Crippen LogP) is 3.23. The molecule has 0 unspecified atom stereocenters. The fourth-order valence-corrected chi connectivity index (χ4v) is 2.63. The lowest BCUT2D eigenvalue weighted by Gasteiger charge is -2.12. The Morgan fingerprint density at radius 1 is 1.48 bits per heavy atom. The van der Waals surface area contributed by atoms with E-state index in [-0.39, 0.29) is 16.3 Å². The van der Waals surface area contributed by atoms with Gasteiger partial charge >= 0.3 is 0 Å². The maximum Gasteiger partial charge on any atom is 0.216 e. The molecule has 2 rings (SSSR count). The van der Waals surface area contributed by atoms with Crippen molar-refractivity contribution in [3.63, 3.8) is 0 Å². The highest BCUT2D eigenvalue weighted by molar-refractivity contribution is 9.10. The third-order valence-electron chi connectivity index (χ3n) is 2.96. The standard InChI is InChI=1S/C14H14BrClFN3O/c1-19(2)6-7-20-13(10(16)8-18-20)14(21)12-9(15)4-3-5-11(12)17/h3-5,8H,6-7H2,1-2H3. The lowest BCUT2D eigenvalue weighted by Crippen LogP contribution is -2.22. The third kappa shape index (κ3) is 3.51. The number of rotatable bonds is 5. The van der Waals surface area contributed by atoms with Crippen LogP contribution in [0.25, 0.3) is 0 Å². The summed E-state index contributed by atoms with van der Waals surface area (Å²) in [6.45, 7) is 1.18. The maximum absolute atomic E-state index is 13.9. The van der Waals surface area contributed by atoms with Crippen LogP contribution in [0.4, 0.5) is 4.39 Å². The number of nitrogens with zero attached hydrogens (tertiary/aromatic N) is 3. The number of likely N-dealkylation sites (N-methyl/N-ethyl adjacent to an activating group) is 1. The van der Waals surface area contributed by atoms with Crippen LogP contribution in [0.1, 0.15) is 16.1 Å². The summed E-state index contributed by atoms with van der Waals surface area (Å²) in [6.07, 6.45) is 1.40. The Bertz CT molecular complexity index is 652. The minimum Gasteiger partial charge on any atom is -0.308 e. The van der Waals surface area contributed by atoms with Gasteiger partial charge in [0.2, 0.25) is 5.78 Å². The van der Waals surface area contributed by atoms with Crippen LogP contribution >= 0.6 is 27.5 Å². The monoisotopic (exact) mass is 373 g/mol. The third-order valence-corrected chi connectivity index (χ3v) is 3.90. The highest BCUT2D eigenvalue weighted by Gasteiger charge is 2.24. The van der Waals surface area contributed by atoms with Gasteiger partial charge in [0.15, 0.2) is 0 Å². The molecule has 0 aliphatic heterocycles. The molecule has 0 aliphatic rings. The average Bonchev–Trinajstić information content (AvgIpc) is 2.77. The van der Waals surface area contributed by atoms with Gasteiger partial charge in [-0.25, -0.2) is 4.39 Å². The topological polar surface area (TPSA) is 38.1 Å². The van der Waals surface area contributed by atoms with Crippen molar-refractivity contribution in [2.75, 3.05) is 20.6 Å². The van der Waals surface area contributed by atoms with Gasteiger partial charge in [-0.1, -0.05) is 17.7 Å². The molecule has 21 heavy (non-hydrogen) atoms. The second kappa shape index (κ2) is 6.68. The van der Waals surface area contributed by atoms with E-state index in [2.05, 4.69) is 21.0 Å². The molecular formula is C14H14BrClFN3O. The molecule has 1 heterocycles. The Kier molecular flexibility index (Phi) is 5.13. The van der Waals surface area contributed by atoms with Crippen molar-refractivity contribution in [1.82, 2.24) is 14.7 Å². The van der Waals surface area contributed by atoms with Gasteiger partial charge in [-0.3, -0.25) is 9.48 Å². The van der Waals surface area contributed by atoms with Crippen LogP contribution in [0.2, 0.25) is 5.02 Å². The van der Waals surface area contributed by atoms with Crippen molar-refractivity contribution in [1.29, 1.82) is 0 Å². The fraction of sp³-hybridized carbons (Fsp3) is 0.286. The van der Waals surface area contributed by atoms with Crippen LogP contribution in [-0.4, -0.2) is 41.1 Å². The first-order valence-corrected chi connectivity index (χ1v) is 7.43. The molecule has 4 nitrogen and oxygen atoms in total. The van der Waals surface area contributed by atoms with E-state index in [0.717, 1.165) is 0 Å². The highest BCUT2D eigenvalue weighted by Crippen LogP contribution is 2.26. The highest BCUT2D eigenvalue weighted by atomic mass is 79.9. The summed E-state index contributed by atoms with van der Waals surface area (Å²) in [6, 6.07) is 4.39. The minimum absolute atomic E-state index is 0.0361. The van der Waals surface area contributed by atoms with Crippen LogP contribution in [0.15, 0.2) is 28.9 Å². The van der Waals surface area contributed by atoms with Crippen molar-refractivity contribution in [3.8, 4) is 0 Å². The summed E-state index contributed by atoms with van der Waals surface area (Å²) < 4.78 is 15.8. The molecule has 0 spiro atoms. The van der Waals surface area contributed by atoms with Crippen molar-refractivity contribution in [2.24, 2.45) is 0 Å². The number of benzene rings is 1. The second-order valence-corrected chi connectivity index (χ2v) is 6.05. The van der Waals surface area contributed by atoms with Crippen LogP contribution in [0.3, 0.4) is 0 Å². The van der Waals surface area contributed by atoms with Gasteiger partial charge in [0.05, 0.1) is 23.3 Å². The number of hydrogen-bond donors (Lipinski definition) is 0. The molecule has 112 valence electrons. The van der Waals surface area contributed by atoms with Gasteiger partial charge in [0, 0.05) is 11.0 Å². The summed E-state index contributed by atoms with van der Waals surface area (Å²) >= 11 is 9.26. The van der Waals surface area contributed by atoms with Gasteiger partial charge in [-0.2, -0.15) is 5.10 Å². The normalized spacial score (nSPS) is 11.1. The van der Waals surface area contributed by atoms with E-state index in [1.165, 1.54) is 23.0 Å². The molecular weight excluding hydrogens is 361 g/mol. The Balaban J connectivity index is 2.42. The molecule has 0 radical (unpaired) electrons. The van der Waals surface area contributed by atoms with E-state index < -0.39 is 11.6 Å². The number of carbonyl (C=O) groups excluding carboxylic acids is 1. The number of aromatic nitrogens is 2. The Morgan fingerprint density at radius 3 is 2.81 bits per heavy atom.